The molecule has 2 aromatic rings. The van der Waals surface area contributed by atoms with E-state index in [2.05, 4.69) is 4.98 Å². The zero-order valence-corrected chi connectivity index (χ0v) is 6.44. The third-order valence-electron chi connectivity index (χ3n) is 1.67. The zero-order chi connectivity index (χ0) is 8.39. The molecule has 2 rings (SSSR count). The molecule has 0 amide bonds. The molecule has 0 aliphatic heterocycles. The van der Waals surface area contributed by atoms with Gasteiger partial charge in [0.25, 0.3) is 0 Å². The smallest absolute Gasteiger partial charge is 0.246 e. The maximum Gasteiger partial charge on any atom is 0.246 e. The zero-order valence-electron chi connectivity index (χ0n) is 6.44. The van der Waals surface area contributed by atoms with Crippen molar-refractivity contribution in [1.29, 1.82) is 0 Å². The highest BCUT2D eigenvalue weighted by molar-refractivity contribution is 5.31. The first-order chi connectivity index (χ1) is 5.86. The Morgan fingerprint density at radius 3 is 2.92 bits per heavy atom. The number of phenolic OH excluding ortho intramolecular Hbond substituents is 1. The standard InChI is InChI=1S/C9H8N2O/c12-9-3-1-2-8(6-9)11-5-4-10-7-11/h1-7,12H/p+1. The van der Waals surface area contributed by atoms with E-state index in [1.165, 1.54) is 0 Å². The lowest BCUT2D eigenvalue weighted by Gasteiger charge is -1.94. The van der Waals surface area contributed by atoms with E-state index in [4.69, 9.17) is 0 Å². The van der Waals surface area contributed by atoms with Crippen LogP contribution in [-0.4, -0.2) is 10.1 Å². The summed E-state index contributed by atoms with van der Waals surface area (Å²) in [5, 5.41) is 9.19. The molecular weight excluding hydrogens is 152 g/mol. The summed E-state index contributed by atoms with van der Waals surface area (Å²) in [6, 6.07) is 7.09. The minimum atomic E-state index is 0.279. The number of aromatic hydroxyl groups is 1. The number of H-pyrrole nitrogens is 1. The Hall–Kier alpha value is -1.77. The van der Waals surface area contributed by atoms with Crippen molar-refractivity contribution in [2.24, 2.45) is 0 Å². The van der Waals surface area contributed by atoms with Crippen LogP contribution in [0.15, 0.2) is 43.0 Å². The summed E-state index contributed by atoms with van der Waals surface area (Å²) in [6.07, 6.45) is 5.52. The minimum Gasteiger partial charge on any atom is -0.508 e. The van der Waals surface area contributed by atoms with Gasteiger partial charge in [-0.3, -0.25) is 0 Å². The maximum absolute atomic E-state index is 9.19. The van der Waals surface area contributed by atoms with E-state index in [1.54, 1.807) is 12.1 Å². The molecule has 0 saturated heterocycles. The SMILES string of the molecule is Oc1cccc(-[n+]2cc[nH]c2)c1. The molecule has 0 aliphatic rings. The van der Waals surface area contributed by atoms with Crippen LogP contribution in [0.1, 0.15) is 0 Å². The number of hydrogen-bond acceptors (Lipinski definition) is 1. The first kappa shape index (κ1) is 6.91. The van der Waals surface area contributed by atoms with Crippen LogP contribution in [0.4, 0.5) is 0 Å². The summed E-state index contributed by atoms with van der Waals surface area (Å²) < 4.78 is 1.89. The average Bonchev–Trinajstić information content (AvgIpc) is 2.56. The number of aromatic amines is 1. The van der Waals surface area contributed by atoms with Crippen LogP contribution >= 0.6 is 0 Å². The number of benzene rings is 1. The van der Waals surface area contributed by atoms with Gasteiger partial charge in [-0.15, -0.1) is 0 Å². The Labute approximate surface area is 69.9 Å². The van der Waals surface area contributed by atoms with Gasteiger partial charge in [0, 0.05) is 6.07 Å². The van der Waals surface area contributed by atoms with Gasteiger partial charge in [-0.25, -0.2) is 9.55 Å². The number of nitrogens with zero attached hydrogens (tertiary/aromatic N) is 1. The summed E-state index contributed by atoms with van der Waals surface area (Å²) in [4.78, 5) is 2.93. The number of phenols is 1. The number of aromatic nitrogens is 2. The quantitative estimate of drug-likeness (QED) is 0.602. The van der Waals surface area contributed by atoms with Gasteiger partial charge in [-0.05, 0) is 12.1 Å². The highest BCUT2D eigenvalue weighted by Crippen LogP contribution is 2.09. The number of rotatable bonds is 1. The number of nitrogens with one attached hydrogen (secondary N) is 1. The molecule has 0 atom stereocenters. The molecule has 2 N–H and O–H groups in total. The van der Waals surface area contributed by atoms with Crippen molar-refractivity contribution in [3.63, 3.8) is 0 Å². The molecule has 3 nitrogen and oxygen atoms in total. The van der Waals surface area contributed by atoms with Crippen molar-refractivity contribution in [2.75, 3.05) is 0 Å². The molecule has 0 unspecified atom stereocenters. The average molecular weight is 161 g/mol. The van der Waals surface area contributed by atoms with Gasteiger partial charge in [0.15, 0.2) is 0 Å². The molecule has 1 aromatic heterocycles. The van der Waals surface area contributed by atoms with E-state index in [1.807, 2.05) is 35.4 Å². The van der Waals surface area contributed by atoms with Crippen molar-refractivity contribution in [3.8, 4) is 11.4 Å². The van der Waals surface area contributed by atoms with Crippen molar-refractivity contribution in [2.45, 2.75) is 0 Å². The fraction of sp³-hybridized carbons (Fsp3) is 0. The lowest BCUT2D eigenvalue weighted by atomic mass is 10.3. The van der Waals surface area contributed by atoms with Crippen molar-refractivity contribution >= 4 is 0 Å². The van der Waals surface area contributed by atoms with Crippen LogP contribution in [0.3, 0.4) is 0 Å². The van der Waals surface area contributed by atoms with Crippen LogP contribution in [0.25, 0.3) is 5.69 Å². The maximum atomic E-state index is 9.19. The van der Waals surface area contributed by atoms with E-state index in [-0.39, 0.29) is 5.75 Å². The second kappa shape index (κ2) is 2.70. The summed E-state index contributed by atoms with van der Waals surface area (Å²) in [5.74, 6) is 0.279. The van der Waals surface area contributed by atoms with Crippen LogP contribution in [0.2, 0.25) is 0 Å². The van der Waals surface area contributed by atoms with Crippen molar-refractivity contribution in [1.82, 2.24) is 4.98 Å². The molecular formula is C9H9N2O+. The van der Waals surface area contributed by atoms with Crippen molar-refractivity contribution in [3.05, 3.63) is 43.0 Å². The Kier molecular flexibility index (Phi) is 1.55. The largest absolute Gasteiger partial charge is 0.508 e. The topological polar surface area (TPSA) is 39.9 Å². The third kappa shape index (κ3) is 1.16. The van der Waals surface area contributed by atoms with E-state index in [0.717, 1.165) is 5.69 Å². The number of imidazole rings is 1. The predicted octanol–water partition coefficient (Wildman–Crippen LogP) is 0.997. The molecule has 0 spiro atoms. The van der Waals surface area contributed by atoms with E-state index < -0.39 is 0 Å². The lowest BCUT2D eigenvalue weighted by molar-refractivity contribution is -0.594. The monoisotopic (exact) mass is 161 g/mol. The van der Waals surface area contributed by atoms with Gasteiger partial charge in [-0.1, -0.05) is 6.07 Å². The minimum absolute atomic E-state index is 0.279. The van der Waals surface area contributed by atoms with E-state index in [0.29, 0.717) is 0 Å². The van der Waals surface area contributed by atoms with Crippen LogP contribution in [0, 0.1) is 0 Å². The summed E-state index contributed by atoms with van der Waals surface area (Å²) in [5.41, 5.74) is 0.941. The van der Waals surface area contributed by atoms with Gasteiger partial charge in [0.2, 0.25) is 6.33 Å². The second-order valence-corrected chi connectivity index (χ2v) is 2.54. The van der Waals surface area contributed by atoms with Gasteiger partial charge < -0.3 is 5.11 Å². The molecule has 12 heavy (non-hydrogen) atoms. The molecule has 0 aliphatic carbocycles. The first-order valence-corrected chi connectivity index (χ1v) is 3.70. The van der Waals surface area contributed by atoms with Gasteiger partial charge >= 0.3 is 0 Å². The molecule has 1 heterocycles. The van der Waals surface area contributed by atoms with E-state index >= 15 is 0 Å². The Morgan fingerprint density at radius 1 is 1.33 bits per heavy atom. The second-order valence-electron chi connectivity index (χ2n) is 2.54. The fourth-order valence-electron chi connectivity index (χ4n) is 1.10. The number of hydrogen-bond donors (Lipinski definition) is 2. The van der Waals surface area contributed by atoms with Crippen LogP contribution in [0.5, 0.6) is 5.75 Å². The Balaban J connectivity index is 2.48. The summed E-state index contributed by atoms with van der Waals surface area (Å²) in [7, 11) is 0. The van der Waals surface area contributed by atoms with Gasteiger partial charge in [0.1, 0.15) is 23.8 Å². The first-order valence-electron chi connectivity index (χ1n) is 3.70. The summed E-state index contributed by atoms with van der Waals surface area (Å²) in [6.45, 7) is 0. The predicted molar refractivity (Wildman–Crippen MR) is 44.0 cm³/mol. The molecule has 0 bridgehead atoms. The van der Waals surface area contributed by atoms with Crippen LogP contribution < -0.4 is 4.57 Å². The Bertz CT molecular complexity index is 368. The van der Waals surface area contributed by atoms with Crippen LogP contribution in [-0.2, 0) is 0 Å². The van der Waals surface area contributed by atoms with Gasteiger partial charge in [0.05, 0.1) is 0 Å². The highest BCUT2D eigenvalue weighted by atomic mass is 16.3. The van der Waals surface area contributed by atoms with Crippen molar-refractivity contribution < 1.29 is 9.67 Å². The molecule has 3 heteroatoms. The van der Waals surface area contributed by atoms with Gasteiger partial charge in [-0.2, -0.15) is 0 Å². The fourth-order valence-corrected chi connectivity index (χ4v) is 1.10. The van der Waals surface area contributed by atoms with E-state index in [9.17, 15) is 5.11 Å². The third-order valence-corrected chi connectivity index (χ3v) is 1.67. The molecule has 1 aromatic carbocycles. The molecule has 0 fully saturated rings. The summed E-state index contributed by atoms with van der Waals surface area (Å²) >= 11 is 0. The normalized spacial score (nSPS) is 10.0. The highest BCUT2D eigenvalue weighted by Gasteiger charge is 2.00. The molecule has 60 valence electrons. The molecule has 0 saturated carbocycles. The Morgan fingerprint density at radius 2 is 2.25 bits per heavy atom. The lowest BCUT2D eigenvalue weighted by Crippen LogP contribution is -2.26. The molecule has 0 radical (unpaired) electrons.